The Hall–Kier alpha value is -1.86. The highest BCUT2D eigenvalue weighted by Gasteiger charge is 2.13. The molecule has 2 rings (SSSR count). The minimum absolute atomic E-state index is 0.108. The number of para-hydroxylation sites is 1. The number of rotatable bonds is 5. The third-order valence-electron chi connectivity index (χ3n) is 2.77. The van der Waals surface area contributed by atoms with E-state index in [4.69, 9.17) is 0 Å². The number of anilines is 1. The largest absolute Gasteiger partial charge is 0.343 e. The molecule has 1 aromatic carbocycles. The van der Waals surface area contributed by atoms with E-state index in [0.717, 1.165) is 4.47 Å². The van der Waals surface area contributed by atoms with Crippen molar-refractivity contribution in [2.75, 3.05) is 18.1 Å². The number of hydrogen-bond acceptors (Lipinski definition) is 4. The van der Waals surface area contributed by atoms with Crippen molar-refractivity contribution >= 4 is 45.2 Å². The second-order valence-electron chi connectivity index (χ2n) is 4.27. The molecule has 0 saturated heterocycles. The predicted molar refractivity (Wildman–Crippen MR) is 91.1 cm³/mol. The monoisotopic (exact) mass is 379 g/mol. The average Bonchev–Trinajstić information content (AvgIpc) is 2.54. The van der Waals surface area contributed by atoms with Crippen LogP contribution in [0.5, 0.6) is 0 Å². The van der Waals surface area contributed by atoms with E-state index in [1.165, 1.54) is 11.8 Å². The van der Waals surface area contributed by atoms with E-state index in [2.05, 4.69) is 31.5 Å². The van der Waals surface area contributed by atoms with E-state index in [1.807, 2.05) is 24.5 Å². The van der Waals surface area contributed by atoms with E-state index in [-0.39, 0.29) is 18.4 Å². The molecule has 0 aliphatic carbocycles. The third kappa shape index (κ3) is 4.32. The lowest BCUT2D eigenvalue weighted by molar-refractivity contribution is -0.115. The molecular weight excluding hydrogens is 366 g/mol. The molecule has 2 amide bonds. The van der Waals surface area contributed by atoms with Gasteiger partial charge in [-0.1, -0.05) is 12.1 Å². The molecule has 0 aliphatic rings. The SMILES string of the molecule is CSc1ncccc1C(=O)NCC(=O)Nc1ccccc1Br. The molecule has 0 saturated carbocycles. The molecule has 1 heterocycles. The van der Waals surface area contributed by atoms with Crippen LogP contribution in [0.2, 0.25) is 0 Å². The van der Waals surface area contributed by atoms with Crippen molar-refractivity contribution in [3.63, 3.8) is 0 Å². The summed E-state index contributed by atoms with van der Waals surface area (Å²) in [4.78, 5) is 28.1. The standard InChI is InChI=1S/C15H14BrN3O2S/c1-22-15-10(5-4-8-17-15)14(21)18-9-13(20)19-12-7-3-2-6-11(12)16/h2-8H,9H2,1H3,(H,18,21)(H,19,20). The summed E-state index contributed by atoms with van der Waals surface area (Å²) in [6, 6.07) is 10.6. The first-order valence-electron chi connectivity index (χ1n) is 6.43. The molecular formula is C15H14BrN3O2S. The van der Waals surface area contributed by atoms with Crippen molar-refractivity contribution in [1.82, 2.24) is 10.3 Å². The molecule has 0 unspecified atom stereocenters. The topological polar surface area (TPSA) is 71.1 Å². The number of carbonyl (C=O) groups is 2. The minimum atomic E-state index is -0.320. The second kappa shape index (κ2) is 7.95. The summed E-state index contributed by atoms with van der Waals surface area (Å²) in [5.41, 5.74) is 1.12. The fourth-order valence-corrected chi connectivity index (χ4v) is 2.67. The third-order valence-corrected chi connectivity index (χ3v) is 4.17. The van der Waals surface area contributed by atoms with Gasteiger partial charge in [-0.25, -0.2) is 4.98 Å². The maximum atomic E-state index is 12.1. The molecule has 22 heavy (non-hydrogen) atoms. The molecule has 0 atom stereocenters. The van der Waals surface area contributed by atoms with E-state index in [9.17, 15) is 9.59 Å². The van der Waals surface area contributed by atoms with Gasteiger partial charge in [0.05, 0.1) is 17.8 Å². The van der Waals surface area contributed by atoms with Crippen LogP contribution in [0.3, 0.4) is 0 Å². The molecule has 2 aromatic rings. The lowest BCUT2D eigenvalue weighted by atomic mass is 10.2. The van der Waals surface area contributed by atoms with E-state index < -0.39 is 0 Å². The Morgan fingerprint density at radius 1 is 1.23 bits per heavy atom. The molecule has 0 spiro atoms. The number of nitrogens with one attached hydrogen (secondary N) is 2. The number of aromatic nitrogens is 1. The highest BCUT2D eigenvalue weighted by molar-refractivity contribution is 9.10. The zero-order valence-corrected chi connectivity index (χ0v) is 14.2. The Kier molecular flexibility index (Phi) is 5.97. The second-order valence-corrected chi connectivity index (χ2v) is 5.92. The predicted octanol–water partition coefficient (Wildman–Crippen LogP) is 2.93. The van der Waals surface area contributed by atoms with Gasteiger partial charge in [-0.3, -0.25) is 9.59 Å². The van der Waals surface area contributed by atoms with Crippen LogP contribution in [0.4, 0.5) is 5.69 Å². The Morgan fingerprint density at radius 2 is 2.00 bits per heavy atom. The van der Waals surface area contributed by atoms with Crippen LogP contribution in [-0.4, -0.2) is 29.6 Å². The number of hydrogen-bond donors (Lipinski definition) is 2. The van der Waals surface area contributed by atoms with Crippen LogP contribution < -0.4 is 10.6 Å². The zero-order valence-electron chi connectivity index (χ0n) is 11.8. The molecule has 114 valence electrons. The van der Waals surface area contributed by atoms with Crippen LogP contribution in [0.1, 0.15) is 10.4 Å². The lowest BCUT2D eigenvalue weighted by Crippen LogP contribution is -2.33. The van der Waals surface area contributed by atoms with Crippen molar-refractivity contribution in [3.05, 3.63) is 52.6 Å². The van der Waals surface area contributed by atoms with Gasteiger partial charge >= 0.3 is 0 Å². The van der Waals surface area contributed by atoms with Crippen molar-refractivity contribution in [3.8, 4) is 0 Å². The van der Waals surface area contributed by atoms with Crippen LogP contribution >= 0.6 is 27.7 Å². The summed E-state index contributed by atoms with van der Waals surface area (Å²) in [7, 11) is 0. The number of thioether (sulfide) groups is 1. The molecule has 5 nitrogen and oxygen atoms in total. The van der Waals surface area contributed by atoms with E-state index in [1.54, 1.807) is 24.4 Å². The molecule has 2 N–H and O–H groups in total. The summed E-state index contributed by atoms with van der Waals surface area (Å²) in [5.74, 6) is -0.616. The number of nitrogens with zero attached hydrogens (tertiary/aromatic N) is 1. The molecule has 0 radical (unpaired) electrons. The number of pyridine rings is 1. The Morgan fingerprint density at radius 3 is 2.73 bits per heavy atom. The van der Waals surface area contributed by atoms with Crippen molar-refractivity contribution < 1.29 is 9.59 Å². The van der Waals surface area contributed by atoms with Gasteiger partial charge in [-0.05, 0) is 46.5 Å². The highest BCUT2D eigenvalue weighted by atomic mass is 79.9. The van der Waals surface area contributed by atoms with Gasteiger partial charge in [-0.2, -0.15) is 0 Å². The molecule has 7 heteroatoms. The van der Waals surface area contributed by atoms with Gasteiger partial charge in [-0.15, -0.1) is 11.8 Å². The number of halogens is 1. The first kappa shape index (κ1) is 16.5. The number of carbonyl (C=O) groups excluding carboxylic acids is 2. The van der Waals surface area contributed by atoms with Crippen molar-refractivity contribution in [1.29, 1.82) is 0 Å². The molecule has 0 aliphatic heterocycles. The molecule has 0 bridgehead atoms. The molecule has 1 aromatic heterocycles. The first-order chi connectivity index (χ1) is 10.6. The van der Waals surface area contributed by atoms with Crippen LogP contribution in [0, 0.1) is 0 Å². The lowest BCUT2D eigenvalue weighted by Gasteiger charge is -2.09. The summed E-state index contributed by atoms with van der Waals surface area (Å²) in [6.07, 6.45) is 3.47. The van der Waals surface area contributed by atoms with Crippen LogP contribution in [-0.2, 0) is 4.79 Å². The van der Waals surface area contributed by atoms with E-state index in [0.29, 0.717) is 16.3 Å². The maximum absolute atomic E-state index is 12.1. The van der Waals surface area contributed by atoms with Gasteiger partial charge in [0.2, 0.25) is 5.91 Å². The average molecular weight is 380 g/mol. The first-order valence-corrected chi connectivity index (χ1v) is 8.45. The normalized spacial score (nSPS) is 10.1. The maximum Gasteiger partial charge on any atom is 0.254 e. The summed E-state index contributed by atoms with van der Waals surface area (Å²) in [6.45, 7) is -0.108. The number of benzene rings is 1. The van der Waals surface area contributed by atoms with Gasteiger partial charge < -0.3 is 10.6 Å². The fourth-order valence-electron chi connectivity index (χ4n) is 1.74. The van der Waals surface area contributed by atoms with Gasteiger partial charge in [0.1, 0.15) is 5.03 Å². The highest BCUT2D eigenvalue weighted by Crippen LogP contribution is 2.21. The van der Waals surface area contributed by atoms with Gasteiger partial charge in [0.15, 0.2) is 0 Å². The Labute approximate surface area is 141 Å². The minimum Gasteiger partial charge on any atom is -0.343 e. The van der Waals surface area contributed by atoms with Crippen molar-refractivity contribution in [2.45, 2.75) is 5.03 Å². The van der Waals surface area contributed by atoms with Gasteiger partial charge in [0, 0.05) is 10.7 Å². The smallest absolute Gasteiger partial charge is 0.254 e. The Bertz CT molecular complexity index is 694. The Balaban J connectivity index is 1.94. The van der Waals surface area contributed by atoms with Crippen LogP contribution in [0.25, 0.3) is 0 Å². The van der Waals surface area contributed by atoms with Crippen LogP contribution in [0.15, 0.2) is 52.1 Å². The fraction of sp³-hybridized carbons (Fsp3) is 0.133. The van der Waals surface area contributed by atoms with E-state index >= 15 is 0 Å². The molecule has 0 fully saturated rings. The zero-order chi connectivity index (χ0) is 15.9. The summed E-state index contributed by atoms with van der Waals surface area (Å²) in [5, 5.41) is 5.95. The van der Waals surface area contributed by atoms with Crippen molar-refractivity contribution in [2.24, 2.45) is 0 Å². The van der Waals surface area contributed by atoms with Gasteiger partial charge in [0.25, 0.3) is 5.91 Å². The summed E-state index contributed by atoms with van der Waals surface area (Å²) < 4.78 is 0.784. The number of amides is 2. The quantitative estimate of drug-likeness (QED) is 0.783. The summed E-state index contributed by atoms with van der Waals surface area (Å²) >= 11 is 4.73.